The Kier molecular flexibility index (Phi) is 6.69. The fourth-order valence-electron chi connectivity index (χ4n) is 3.83. The Balaban J connectivity index is 1.80. The molecule has 0 saturated carbocycles. The van der Waals surface area contributed by atoms with E-state index in [-0.39, 0.29) is 10.8 Å². The fraction of sp³-hybridized carbons (Fsp3) is 0.250. The van der Waals surface area contributed by atoms with Gasteiger partial charge in [0.15, 0.2) is 0 Å². The molecule has 8 heteroatoms. The molecule has 0 amide bonds. The molecule has 32 heavy (non-hydrogen) atoms. The molecule has 3 aromatic rings. The number of allylic oxidation sites excluding steroid dienone is 2. The first-order valence-electron chi connectivity index (χ1n) is 10.3. The van der Waals surface area contributed by atoms with Crippen LogP contribution in [-0.2, 0) is 4.74 Å². The highest BCUT2D eigenvalue weighted by Gasteiger charge is 2.19. The van der Waals surface area contributed by atoms with Crippen molar-refractivity contribution in [2.24, 2.45) is 0 Å². The molecule has 166 valence electrons. The summed E-state index contributed by atoms with van der Waals surface area (Å²) in [6.07, 6.45) is 2.26. The smallest absolute Gasteiger partial charge is 0.223 e. The molecule has 4 rings (SSSR count). The van der Waals surface area contributed by atoms with Gasteiger partial charge >= 0.3 is 0 Å². The third kappa shape index (κ3) is 4.46. The molecule has 2 N–H and O–H groups in total. The lowest BCUT2D eigenvalue weighted by Crippen LogP contribution is -2.36. The molecule has 6 nitrogen and oxygen atoms in total. The van der Waals surface area contributed by atoms with E-state index < -0.39 is 11.9 Å². The van der Waals surface area contributed by atoms with Crippen molar-refractivity contribution in [3.05, 3.63) is 77.5 Å². The number of fused-ring (bicyclic) bond motifs is 1. The largest absolute Gasteiger partial charge is 0.389 e. The number of aliphatic hydroxyl groups is 1. The lowest BCUT2D eigenvalue weighted by Gasteiger charge is -2.29. The van der Waals surface area contributed by atoms with E-state index in [1.807, 2.05) is 18.2 Å². The van der Waals surface area contributed by atoms with E-state index in [2.05, 4.69) is 26.8 Å². The zero-order valence-corrected chi connectivity index (χ0v) is 18.4. The number of anilines is 1. The second kappa shape index (κ2) is 9.65. The van der Waals surface area contributed by atoms with Gasteiger partial charge in [-0.3, -0.25) is 0 Å². The Morgan fingerprint density at radius 1 is 1.25 bits per heavy atom. The first-order chi connectivity index (χ1) is 15.5. The summed E-state index contributed by atoms with van der Waals surface area (Å²) in [7, 11) is 1.70. The van der Waals surface area contributed by atoms with E-state index in [1.54, 1.807) is 31.3 Å². The van der Waals surface area contributed by atoms with Crippen molar-refractivity contribution in [2.75, 3.05) is 38.3 Å². The number of halogens is 2. The van der Waals surface area contributed by atoms with Crippen molar-refractivity contribution in [3.63, 3.8) is 0 Å². The van der Waals surface area contributed by atoms with Gasteiger partial charge in [0, 0.05) is 42.5 Å². The van der Waals surface area contributed by atoms with E-state index in [9.17, 15) is 9.50 Å². The summed E-state index contributed by atoms with van der Waals surface area (Å²) >= 11 is 6.22. The number of hydrogen-bond acceptors (Lipinski definition) is 6. The highest BCUT2D eigenvalue weighted by molar-refractivity contribution is 6.28. The van der Waals surface area contributed by atoms with Crippen LogP contribution in [0.2, 0.25) is 5.28 Å². The van der Waals surface area contributed by atoms with E-state index in [1.165, 1.54) is 6.07 Å². The van der Waals surface area contributed by atoms with Gasteiger partial charge in [0.1, 0.15) is 11.9 Å². The standard InChI is InChI=1S/C24H24ClFN4O2/c1-3-4-20(27-2)23(31)15-5-8-19(26)18(13-15)22-17-7-6-16(30-9-11-32-12-10-30)14-21(17)28-24(25)29-22/h3-8,13-14,23,27,31H,1,9-12H2,2H3/b20-4-. The number of rotatable bonds is 6. The summed E-state index contributed by atoms with van der Waals surface area (Å²) < 4.78 is 20.3. The molecule has 1 aliphatic rings. The normalized spacial score (nSPS) is 15.6. The van der Waals surface area contributed by atoms with Crippen LogP contribution in [0.4, 0.5) is 10.1 Å². The number of benzene rings is 2. The Morgan fingerprint density at radius 3 is 2.75 bits per heavy atom. The molecular formula is C24H24ClFN4O2. The summed E-state index contributed by atoms with van der Waals surface area (Å²) in [5.41, 5.74) is 3.29. The minimum absolute atomic E-state index is 0.0273. The molecule has 1 fully saturated rings. The van der Waals surface area contributed by atoms with E-state index in [4.69, 9.17) is 16.3 Å². The molecule has 0 bridgehead atoms. The number of morpholine rings is 1. The number of hydrogen-bond donors (Lipinski definition) is 2. The molecular weight excluding hydrogens is 431 g/mol. The average molecular weight is 455 g/mol. The maximum atomic E-state index is 14.9. The predicted octanol–water partition coefficient (Wildman–Crippen LogP) is 4.25. The zero-order chi connectivity index (χ0) is 22.7. The summed E-state index contributed by atoms with van der Waals surface area (Å²) in [4.78, 5) is 10.9. The molecule has 1 aliphatic heterocycles. The van der Waals surface area contributed by atoms with Crippen molar-refractivity contribution in [1.29, 1.82) is 0 Å². The van der Waals surface area contributed by atoms with Crippen LogP contribution in [-0.4, -0.2) is 48.4 Å². The number of aliphatic hydroxyl groups excluding tert-OH is 1. The van der Waals surface area contributed by atoms with Crippen molar-refractivity contribution in [3.8, 4) is 11.3 Å². The van der Waals surface area contributed by atoms with E-state index in [0.29, 0.717) is 41.1 Å². The van der Waals surface area contributed by atoms with Gasteiger partial charge in [-0.2, -0.15) is 0 Å². The first-order valence-corrected chi connectivity index (χ1v) is 10.7. The van der Waals surface area contributed by atoms with E-state index in [0.717, 1.165) is 18.8 Å². The Morgan fingerprint density at radius 2 is 2.03 bits per heavy atom. The number of ether oxygens (including phenoxy) is 1. The lowest BCUT2D eigenvalue weighted by atomic mass is 9.99. The highest BCUT2D eigenvalue weighted by atomic mass is 35.5. The maximum Gasteiger partial charge on any atom is 0.223 e. The Bertz CT molecular complexity index is 1180. The van der Waals surface area contributed by atoms with Crippen LogP contribution in [0.15, 0.2) is 60.8 Å². The Labute approximate surface area is 191 Å². The quantitative estimate of drug-likeness (QED) is 0.428. The van der Waals surface area contributed by atoms with Gasteiger partial charge in [-0.25, -0.2) is 14.4 Å². The number of aromatic nitrogens is 2. The van der Waals surface area contributed by atoms with Crippen LogP contribution < -0.4 is 10.2 Å². The SMILES string of the molecule is C=C/C=C(\NC)C(O)c1ccc(F)c(-c2nc(Cl)nc3cc(N4CCOCC4)ccc23)c1. The first kappa shape index (κ1) is 22.2. The molecule has 1 saturated heterocycles. The number of nitrogens with zero attached hydrogens (tertiary/aromatic N) is 3. The molecule has 1 atom stereocenters. The maximum absolute atomic E-state index is 14.9. The minimum atomic E-state index is -0.978. The molecule has 2 aromatic carbocycles. The average Bonchev–Trinajstić information content (AvgIpc) is 2.82. The fourth-order valence-corrected chi connectivity index (χ4v) is 4.00. The topological polar surface area (TPSA) is 70.5 Å². The van der Waals surface area contributed by atoms with Crippen LogP contribution in [0.3, 0.4) is 0 Å². The molecule has 1 aromatic heterocycles. The van der Waals surface area contributed by atoms with Gasteiger partial charge in [-0.05, 0) is 53.6 Å². The highest BCUT2D eigenvalue weighted by Crippen LogP contribution is 2.34. The molecule has 1 unspecified atom stereocenters. The van der Waals surface area contributed by atoms with Crippen molar-refractivity contribution >= 4 is 28.2 Å². The minimum Gasteiger partial charge on any atom is -0.389 e. The molecule has 2 heterocycles. The van der Waals surface area contributed by atoms with Crippen LogP contribution in [0, 0.1) is 5.82 Å². The van der Waals surface area contributed by atoms with Gasteiger partial charge < -0.3 is 20.1 Å². The van der Waals surface area contributed by atoms with Gasteiger partial charge in [0.25, 0.3) is 0 Å². The van der Waals surface area contributed by atoms with Crippen molar-refractivity contribution in [1.82, 2.24) is 15.3 Å². The van der Waals surface area contributed by atoms with Crippen molar-refractivity contribution in [2.45, 2.75) is 6.10 Å². The molecule has 0 aliphatic carbocycles. The number of nitrogens with one attached hydrogen (secondary N) is 1. The lowest BCUT2D eigenvalue weighted by molar-refractivity contribution is 0.122. The second-order valence-corrected chi connectivity index (χ2v) is 7.73. The third-order valence-electron chi connectivity index (χ3n) is 5.47. The van der Waals surface area contributed by atoms with Gasteiger partial charge in [-0.15, -0.1) is 0 Å². The van der Waals surface area contributed by atoms with Gasteiger partial charge in [0.2, 0.25) is 5.28 Å². The van der Waals surface area contributed by atoms with E-state index >= 15 is 0 Å². The Hall–Kier alpha value is -3.00. The van der Waals surface area contributed by atoms with Crippen molar-refractivity contribution < 1.29 is 14.2 Å². The van der Waals surface area contributed by atoms with Crippen LogP contribution in [0.1, 0.15) is 11.7 Å². The predicted molar refractivity (Wildman–Crippen MR) is 125 cm³/mol. The van der Waals surface area contributed by atoms with Crippen LogP contribution in [0.5, 0.6) is 0 Å². The van der Waals surface area contributed by atoms with Gasteiger partial charge in [-0.1, -0.05) is 18.7 Å². The summed E-state index contributed by atoms with van der Waals surface area (Å²) in [6, 6.07) is 10.2. The zero-order valence-electron chi connectivity index (χ0n) is 17.7. The summed E-state index contributed by atoms with van der Waals surface area (Å²) in [5, 5.41) is 14.4. The van der Waals surface area contributed by atoms with Crippen LogP contribution >= 0.6 is 11.6 Å². The molecule has 0 spiro atoms. The molecule has 0 radical (unpaired) electrons. The third-order valence-corrected chi connectivity index (χ3v) is 5.64. The van der Waals surface area contributed by atoms with Gasteiger partial charge in [0.05, 0.1) is 24.4 Å². The van der Waals surface area contributed by atoms with Crippen LogP contribution in [0.25, 0.3) is 22.2 Å². The monoisotopic (exact) mass is 454 g/mol. The summed E-state index contributed by atoms with van der Waals surface area (Å²) in [5.74, 6) is -0.465. The number of likely N-dealkylation sites (N-methyl/N-ethyl adjacent to an activating group) is 1. The summed E-state index contributed by atoms with van der Waals surface area (Å²) in [6.45, 7) is 6.58. The second-order valence-electron chi connectivity index (χ2n) is 7.39.